The second kappa shape index (κ2) is 6.75. The van der Waals surface area contributed by atoms with Crippen LogP contribution in [0, 0.1) is 0 Å². The van der Waals surface area contributed by atoms with Gasteiger partial charge in [-0.15, -0.1) is 0 Å². The van der Waals surface area contributed by atoms with Crippen LogP contribution in [0.5, 0.6) is 0 Å². The molecule has 2 amide bonds. The molecule has 6 heteroatoms. The number of nitrogens with zero attached hydrogens (tertiary/aromatic N) is 2. The molecule has 0 bridgehead atoms. The molecule has 6 nitrogen and oxygen atoms in total. The lowest BCUT2D eigenvalue weighted by Crippen LogP contribution is -2.57. The van der Waals surface area contributed by atoms with E-state index in [0.717, 1.165) is 19.6 Å². The SMILES string of the molecule is CCN1CCOC(CN2CCC(=O)NC(C)(CC)C2=O)C1. The summed E-state index contributed by atoms with van der Waals surface area (Å²) in [6, 6.07) is 0. The number of amides is 2. The summed E-state index contributed by atoms with van der Waals surface area (Å²) in [5.41, 5.74) is -0.785. The molecule has 2 unspecified atom stereocenters. The molecule has 2 aliphatic heterocycles. The van der Waals surface area contributed by atoms with Gasteiger partial charge in [0.25, 0.3) is 0 Å². The Morgan fingerprint density at radius 2 is 2.10 bits per heavy atom. The van der Waals surface area contributed by atoms with Crippen LogP contribution in [-0.4, -0.2) is 72.6 Å². The van der Waals surface area contributed by atoms with Gasteiger partial charge in [-0.25, -0.2) is 0 Å². The summed E-state index contributed by atoms with van der Waals surface area (Å²) in [6.45, 7) is 10.4. The molecule has 2 rings (SSSR count). The van der Waals surface area contributed by atoms with Crippen molar-refractivity contribution in [2.75, 3.05) is 39.3 Å². The van der Waals surface area contributed by atoms with Gasteiger partial charge in [-0.3, -0.25) is 14.5 Å². The molecule has 2 saturated heterocycles. The molecule has 2 heterocycles. The highest BCUT2D eigenvalue weighted by Gasteiger charge is 2.40. The lowest BCUT2D eigenvalue weighted by molar-refractivity contribution is -0.141. The van der Waals surface area contributed by atoms with E-state index in [4.69, 9.17) is 4.74 Å². The third-order valence-corrected chi connectivity index (χ3v) is 4.58. The Balaban J connectivity index is 2.04. The first-order valence-electron chi connectivity index (χ1n) is 7.93. The van der Waals surface area contributed by atoms with E-state index in [0.29, 0.717) is 32.5 Å². The monoisotopic (exact) mass is 297 g/mol. The van der Waals surface area contributed by atoms with Crippen molar-refractivity contribution >= 4 is 11.8 Å². The highest BCUT2D eigenvalue weighted by Crippen LogP contribution is 2.19. The molecule has 0 aromatic carbocycles. The van der Waals surface area contributed by atoms with E-state index in [1.54, 1.807) is 4.90 Å². The third-order valence-electron chi connectivity index (χ3n) is 4.58. The number of ether oxygens (including phenoxy) is 1. The normalized spacial score (nSPS) is 32.0. The van der Waals surface area contributed by atoms with Crippen LogP contribution in [0.3, 0.4) is 0 Å². The Labute approximate surface area is 126 Å². The highest BCUT2D eigenvalue weighted by atomic mass is 16.5. The van der Waals surface area contributed by atoms with Crippen molar-refractivity contribution in [3.63, 3.8) is 0 Å². The van der Waals surface area contributed by atoms with Gasteiger partial charge in [-0.1, -0.05) is 13.8 Å². The van der Waals surface area contributed by atoms with E-state index in [9.17, 15) is 9.59 Å². The number of morpholine rings is 1. The molecule has 21 heavy (non-hydrogen) atoms. The van der Waals surface area contributed by atoms with Crippen LogP contribution < -0.4 is 5.32 Å². The van der Waals surface area contributed by atoms with Gasteiger partial charge in [0.2, 0.25) is 11.8 Å². The zero-order valence-corrected chi connectivity index (χ0v) is 13.4. The summed E-state index contributed by atoms with van der Waals surface area (Å²) >= 11 is 0. The molecule has 0 saturated carbocycles. The maximum Gasteiger partial charge on any atom is 0.248 e. The topological polar surface area (TPSA) is 61.9 Å². The van der Waals surface area contributed by atoms with E-state index in [1.165, 1.54) is 0 Å². The standard InChI is InChI=1S/C15H27N3O3/c1-4-15(3)14(20)18(7-6-13(19)16-15)11-12-10-17(5-2)8-9-21-12/h12H,4-11H2,1-3H3,(H,16,19). The van der Waals surface area contributed by atoms with Gasteiger partial charge in [0, 0.05) is 32.6 Å². The minimum Gasteiger partial charge on any atom is -0.374 e. The van der Waals surface area contributed by atoms with E-state index in [-0.39, 0.29) is 17.9 Å². The van der Waals surface area contributed by atoms with Gasteiger partial charge in [0.1, 0.15) is 5.54 Å². The zero-order chi connectivity index (χ0) is 15.5. The van der Waals surface area contributed by atoms with Crippen molar-refractivity contribution in [3.8, 4) is 0 Å². The van der Waals surface area contributed by atoms with Crippen molar-refractivity contribution < 1.29 is 14.3 Å². The summed E-state index contributed by atoms with van der Waals surface area (Å²) in [5.74, 6) is -0.0389. The Morgan fingerprint density at radius 1 is 1.33 bits per heavy atom. The number of rotatable bonds is 4. The van der Waals surface area contributed by atoms with E-state index in [1.807, 2.05) is 13.8 Å². The molecule has 0 radical (unpaired) electrons. The van der Waals surface area contributed by atoms with Crippen molar-refractivity contribution in [1.29, 1.82) is 0 Å². The second-order valence-corrected chi connectivity index (χ2v) is 6.12. The maximum absolute atomic E-state index is 12.7. The summed E-state index contributed by atoms with van der Waals surface area (Å²) in [7, 11) is 0. The van der Waals surface area contributed by atoms with Crippen LogP contribution in [0.2, 0.25) is 0 Å². The summed E-state index contributed by atoms with van der Waals surface area (Å²) in [5, 5.41) is 2.86. The summed E-state index contributed by atoms with van der Waals surface area (Å²) in [4.78, 5) is 28.6. The van der Waals surface area contributed by atoms with Crippen molar-refractivity contribution in [2.45, 2.75) is 45.3 Å². The second-order valence-electron chi connectivity index (χ2n) is 6.12. The van der Waals surface area contributed by atoms with E-state index < -0.39 is 5.54 Å². The average molecular weight is 297 g/mol. The van der Waals surface area contributed by atoms with Gasteiger partial charge in [-0.05, 0) is 19.9 Å². The molecule has 0 aromatic rings. The van der Waals surface area contributed by atoms with Crippen LogP contribution in [-0.2, 0) is 14.3 Å². The number of nitrogens with one attached hydrogen (secondary N) is 1. The minimum atomic E-state index is -0.785. The molecule has 2 fully saturated rings. The van der Waals surface area contributed by atoms with Crippen molar-refractivity contribution in [1.82, 2.24) is 15.1 Å². The molecule has 120 valence electrons. The number of likely N-dealkylation sites (N-methyl/N-ethyl adjacent to an activating group) is 1. The molecule has 1 N–H and O–H groups in total. The molecule has 0 aliphatic carbocycles. The fourth-order valence-corrected chi connectivity index (χ4v) is 2.95. The summed E-state index contributed by atoms with van der Waals surface area (Å²) in [6.07, 6.45) is 1.00. The Kier molecular flexibility index (Phi) is 5.22. The van der Waals surface area contributed by atoms with Crippen molar-refractivity contribution in [2.24, 2.45) is 0 Å². The summed E-state index contributed by atoms with van der Waals surface area (Å²) < 4.78 is 5.79. The van der Waals surface area contributed by atoms with Crippen LogP contribution in [0.1, 0.15) is 33.6 Å². The third kappa shape index (κ3) is 3.74. The molecular weight excluding hydrogens is 270 g/mol. The number of carbonyl (C=O) groups excluding carboxylic acids is 2. The predicted octanol–water partition coefficient (Wildman–Crippen LogP) is 0.224. The molecule has 2 aliphatic rings. The van der Waals surface area contributed by atoms with Crippen LogP contribution in [0.15, 0.2) is 0 Å². The first-order chi connectivity index (χ1) is 9.98. The molecule has 0 aromatic heterocycles. The Bertz CT molecular complexity index is 402. The quantitative estimate of drug-likeness (QED) is 0.806. The average Bonchev–Trinajstić information content (AvgIpc) is 2.59. The minimum absolute atomic E-state index is 0.00747. The van der Waals surface area contributed by atoms with Gasteiger partial charge < -0.3 is 15.0 Å². The van der Waals surface area contributed by atoms with Gasteiger partial charge in [-0.2, -0.15) is 0 Å². The van der Waals surface area contributed by atoms with Crippen LogP contribution >= 0.6 is 0 Å². The van der Waals surface area contributed by atoms with Crippen LogP contribution in [0.25, 0.3) is 0 Å². The van der Waals surface area contributed by atoms with Gasteiger partial charge in [0.15, 0.2) is 0 Å². The fourth-order valence-electron chi connectivity index (χ4n) is 2.95. The van der Waals surface area contributed by atoms with E-state index >= 15 is 0 Å². The molecular formula is C15H27N3O3. The highest BCUT2D eigenvalue weighted by molar-refractivity contribution is 5.93. The Morgan fingerprint density at radius 3 is 2.76 bits per heavy atom. The molecule has 2 atom stereocenters. The lowest BCUT2D eigenvalue weighted by atomic mass is 9.97. The maximum atomic E-state index is 12.7. The largest absolute Gasteiger partial charge is 0.374 e. The van der Waals surface area contributed by atoms with Crippen molar-refractivity contribution in [3.05, 3.63) is 0 Å². The number of hydrogen-bond donors (Lipinski definition) is 1. The lowest BCUT2D eigenvalue weighted by Gasteiger charge is -2.37. The van der Waals surface area contributed by atoms with Crippen LogP contribution in [0.4, 0.5) is 0 Å². The zero-order valence-electron chi connectivity index (χ0n) is 13.4. The number of hydrogen-bond acceptors (Lipinski definition) is 4. The van der Waals surface area contributed by atoms with Gasteiger partial charge in [0.05, 0.1) is 12.7 Å². The number of carbonyl (C=O) groups is 2. The smallest absolute Gasteiger partial charge is 0.248 e. The fraction of sp³-hybridized carbons (Fsp3) is 0.867. The van der Waals surface area contributed by atoms with E-state index in [2.05, 4.69) is 17.1 Å². The predicted molar refractivity (Wildman–Crippen MR) is 79.9 cm³/mol. The first-order valence-corrected chi connectivity index (χ1v) is 7.93. The van der Waals surface area contributed by atoms with Gasteiger partial charge >= 0.3 is 0 Å². The molecule has 0 spiro atoms. The first kappa shape index (κ1) is 16.2. The Hall–Kier alpha value is -1.14.